The van der Waals surface area contributed by atoms with Crippen molar-refractivity contribution in [2.45, 2.75) is 17.9 Å². The molecule has 3 N–H and O–H groups in total. The highest BCUT2D eigenvalue weighted by molar-refractivity contribution is 7.89. The normalized spacial score (nSPS) is 11.6. The van der Waals surface area contributed by atoms with Crippen LogP contribution in [0.2, 0.25) is 5.02 Å². The number of halogens is 1. The van der Waals surface area contributed by atoms with Crippen molar-refractivity contribution in [3.05, 3.63) is 76.6 Å². The fourth-order valence-electron chi connectivity index (χ4n) is 2.49. The Hall–Kier alpha value is -2.19. The van der Waals surface area contributed by atoms with Gasteiger partial charge in [-0.3, -0.25) is 0 Å². The van der Waals surface area contributed by atoms with Gasteiger partial charge in [0.1, 0.15) is 0 Å². The molecule has 0 saturated carbocycles. The molecular formula is C17H16ClN3O3S. The molecule has 2 aromatic carbocycles. The van der Waals surface area contributed by atoms with Crippen molar-refractivity contribution in [1.82, 2.24) is 9.78 Å². The quantitative estimate of drug-likeness (QED) is 0.712. The first-order valence-electron chi connectivity index (χ1n) is 7.43. The number of hydrogen-bond donors (Lipinski definition) is 2. The molecule has 3 aromatic rings. The van der Waals surface area contributed by atoms with Gasteiger partial charge in [-0.15, -0.1) is 0 Å². The number of nitrogens with zero attached hydrogens (tertiary/aromatic N) is 2. The lowest BCUT2D eigenvalue weighted by molar-refractivity contribution is 0.276. The Balaban J connectivity index is 1.98. The van der Waals surface area contributed by atoms with Gasteiger partial charge in [0.05, 0.1) is 22.9 Å². The SMILES string of the molecule is NS(=O)(=O)c1ccc(-n2nc(CO)cc2Cc2ccc(Cl)cc2)cc1. The van der Waals surface area contributed by atoms with Gasteiger partial charge in [-0.05, 0) is 48.0 Å². The van der Waals surface area contributed by atoms with Crippen molar-refractivity contribution < 1.29 is 13.5 Å². The van der Waals surface area contributed by atoms with E-state index in [1.165, 1.54) is 12.1 Å². The summed E-state index contributed by atoms with van der Waals surface area (Å²) in [4.78, 5) is 0.0324. The molecule has 25 heavy (non-hydrogen) atoms. The van der Waals surface area contributed by atoms with E-state index in [0.717, 1.165) is 11.3 Å². The van der Waals surface area contributed by atoms with Crippen LogP contribution in [0.15, 0.2) is 59.5 Å². The van der Waals surface area contributed by atoms with Crippen LogP contribution in [0.1, 0.15) is 17.0 Å². The lowest BCUT2D eigenvalue weighted by atomic mass is 10.1. The van der Waals surface area contributed by atoms with Crippen LogP contribution in [0.5, 0.6) is 0 Å². The summed E-state index contributed by atoms with van der Waals surface area (Å²) in [7, 11) is -3.75. The first-order chi connectivity index (χ1) is 11.9. The number of sulfonamides is 1. The Bertz CT molecular complexity index is 981. The molecule has 6 nitrogen and oxygen atoms in total. The highest BCUT2D eigenvalue weighted by atomic mass is 35.5. The largest absolute Gasteiger partial charge is 0.390 e. The lowest BCUT2D eigenvalue weighted by Gasteiger charge is -2.08. The fourth-order valence-corrected chi connectivity index (χ4v) is 3.13. The highest BCUT2D eigenvalue weighted by Crippen LogP contribution is 2.19. The van der Waals surface area contributed by atoms with E-state index >= 15 is 0 Å². The van der Waals surface area contributed by atoms with E-state index < -0.39 is 10.0 Å². The molecular weight excluding hydrogens is 362 g/mol. The van der Waals surface area contributed by atoms with Crippen LogP contribution in [0.3, 0.4) is 0 Å². The minimum absolute atomic E-state index is 0.0324. The number of rotatable bonds is 5. The third kappa shape index (κ3) is 4.08. The van der Waals surface area contributed by atoms with Gasteiger partial charge in [0.2, 0.25) is 10.0 Å². The van der Waals surface area contributed by atoms with Crippen LogP contribution in [0, 0.1) is 0 Å². The molecule has 3 rings (SSSR count). The average Bonchev–Trinajstić information content (AvgIpc) is 2.99. The second kappa shape index (κ2) is 6.97. The molecule has 8 heteroatoms. The van der Waals surface area contributed by atoms with E-state index in [0.29, 0.717) is 22.8 Å². The van der Waals surface area contributed by atoms with Gasteiger partial charge in [-0.2, -0.15) is 5.10 Å². The maximum absolute atomic E-state index is 11.4. The zero-order valence-corrected chi connectivity index (χ0v) is 14.7. The number of primary sulfonamides is 1. The number of nitrogens with two attached hydrogens (primary N) is 1. The maximum atomic E-state index is 11.4. The Morgan fingerprint density at radius 1 is 1.08 bits per heavy atom. The first-order valence-corrected chi connectivity index (χ1v) is 9.35. The van der Waals surface area contributed by atoms with Gasteiger partial charge in [-0.25, -0.2) is 18.2 Å². The van der Waals surface area contributed by atoms with Crippen molar-refractivity contribution in [2.24, 2.45) is 5.14 Å². The van der Waals surface area contributed by atoms with Crippen molar-refractivity contribution in [3.8, 4) is 5.69 Å². The van der Waals surface area contributed by atoms with Gasteiger partial charge in [0.15, 0.2) is 0 Å². The van der Waals surface area contributed by atoms with E-state index in [2.05, 4.69) is 5.10 Å². The summed E-state index contributed by atoms with van der Waals surface area (Å²) < 4.78 is 24.4. The van der Waals surface area contributed by atoms with Crippen LogP contribution >= 0.6 is 11.6 Å². The van der Waals surface area contributed by atoms with Gasteiger partial charge in [0, 0.05) is 17.1 Å². The number of aromatic nitrogens is 2. The molecule has 0 unspecified atom stereocenters. The van der Waals surface area contributed by atoms with Gasteiger partial charge >= 0.3 is 0 Å². The minimum atomic E-state index is -3.75. The standard InChI is InChI=1S/C17H16ClN3O3S/c18-13-3-1-12(2-4-13)9-16-10-14(11-22)20-21(16)15-5-7-17(8-6-15)25(19,23)24/h1-8,10,22H,9,11H2,(H2,19,23,24). The van der Waals surface area contributed by atoms with Crippen LogP contribution < -0.4 is 5.14 Å². The molecule has 0 spiro atoms. The molecule has 0 amide bonds. The summed E-state index contributed by atoms with van der Waals surface area (Å²) in [6.45, 7) is -0.185. The smallest absolute Gasteiger partial charge is 0.238 e. The molecule has 1 heterocycles. The Kier molecular flexibility index (Phi) is 4.91. The second-order valence-electron chi connectivity index (χ2n) is 5.54. The third-order valence-corrected chi connectivity index (χ3v) is 4.89. The molecule has 0 aliphatic heterocycles. The Morgan fingerprint density at radius 3 is 2.28 bits per heavy atom. The van der Waals surface area contributed by atoms with Crippen LogP contribution in [0.4, 0.5) is 0 Å². The van der Waals surface area contributed by atoms with E-state index in [4.69, 9.17) is 16.7 Å². The second-order valence-corrected chi connectivity index (χ2v) is 7.54. The van der Waals surface area contributed by atoms with Crippen LogP contribution in [-0.4, -0.2) is 23.3 Å². The summed E-state index contributed by atoms with van der Waals surface area (Å²) in [6.07, 6.45) is 0.584. The molecule has 130 valence electrons. The van der Waals surface area contributed by atoms with Gasteiger partial charge in [0.25, 0.3) is 0 Å². The summed E-state index contributed by atoms with van der Waals surface area (Å²) in [5.74, 6) is 0. The first kappa shape index (κ1) is 17.6. The van der Waals surface area contributed by atoms with Crippen LogP contribution in [0.25, 0.3) is 5.69 Å². The fraction of sp³-hybridized carbons (Fsp3) is 0.118. The zero-order chi connectivity index (χ0) is 18.0. The molecule has 0 saturated heterocycles. The summed E-state index contributed by atoms with van der Waals surface area (Å²) >= 11 is 5.91. The maximum Gasteiger partial charge on any atom is 0.238 e. The lowest BCUT2D eigenvalue weighted by Crippen LogP contribution is -2.12. The molecule has 0 aliphatic carbocycles. The molecule has 0 fully saturated rings. The topological polar surface area (TPSA) is 98.2 Å². The summed E-state index contributed by atoms with van der Waals surface area (Å²) in [5.41, 5.74) is 3.10. The molecule has 1 aromatic heterocycles. The number of aliphatic hydroxyl groups is 1. The summed E-state index contributed by atoms with van der Waals surface area (Å²) in [5, 5.41) is 19.5. The minimum Gasteiger partial charge on any atom is -0.390 e. The predicted octanol–water partition coefficient (Wildman–Crippen LogP) is 2.26. The summed E-state index contributed by atoms with van der Waals surface area (Å²) in [6, 6.07) is 15.4. The number of hydrogen-bond acceptors (Lipinski definition) is 4. The van der Waals surface area contributed by atoms with E-state index in [-0.39, 0.29) is 11.5 Å². The van der Waals surface area contributed by atoms with Crippen molar-refractivity contribution in [2.75, 3.05) is 0 Å². The van der Waals surface area contributed by atoms with Crippen molar-refractivity contribution in [1.29, 1.82) is 0 Å². The number of aliphatic hydroxyl groups excluding tert-OH is 1. The third-order valence-electron chi connectivity index (χ3n) is 3.70. The molecule has 0 atom stereocenters. The zero-order valence-electron chi connectivity index (χ0n) is 13.1. The van der Waals surface area contributed by atoms with E-state index in [1.807, 2.05) is 30.3 Å². The highest BCUT2D eigenvalue weighted by Gasteiger charge is 2.12. The number of benzene rings is 2. The molecule has 0 radical (unpaired) electrons. The van der Waals surface area contributed by atoms with Crippen molar-refractivity contribution >= 4 is 21.6 Å². The Morgan fingerprint density at radius 2 is 1.72 bits per heavy atom. The Labute approximate surface area is 150 Å². The molecule has 0 bridgehead atoms. The van der Waals surface area contributed by atoms with E-state index in [1.54, 1.807) is 16.8 Å². The van der Waals surface area contributed by atoms with E-state index in [9.17, 15) is 13.5 Å². The van der Waals surface area contributed by atoms with Crippen LogP contribution in [-0.2, 0) is 23.1 Å². The van der Waals surface area contributed by atoms with Gasteiger partial charge < -0.3 is 5.11 Å². The predicted molar refractivity (Wildman–Crippen MR) is 95.1 cm³/mol. The monoisotopic (exact) mass is 377 g/mol. The van der Waals surface area contributed by atoms with Gasteiger partial charge in [-0.1, -0.05) is 23.7 Å². The molecule has 0 aliphatic rings. The average molecular weight is 378 g/mol. The van der Waals surface area contributed by atoms with Crippen molar-refractivity contribution in [3.63, 3.8) is 0 Å².